The summed E-state index contributed by atoms with van der Waals surface area (Å²) in [6.45, 7) is 2.43. The van der Waals surface area contributed by atoms with Crippen molar-refractivity contribution in [3.05, 3.63) is 125 Å². The number of methoxy groups -OCH3 is 2. The van der Waals surface area contributed by atoms with Crippen LogP contribution in [0.5, 0.6) is 11.5 Å². The molecule has 0 aromatic heterocycles. The summed E-state index contributed by atoms with van der Waals surface area (Å²) < 4.78 is 23.1. The van der Waals surface area contributed by atoms with Gasteiger partial charge in [-0.2, -0.15) is 0 Å². The van der Waals surface area contributed by atoms with Crippen molar-refractivity contribution in [1.29, 1.82) is 0 Å². The van der Waals surface area contributed by atoms with Gasteiger partial charge in [-0.25, -0.2) is 4.79 Å². The molecule has 2 heterocycles. The molecule has 1 unspecified atom stereocenters. The molecule has 8 heteroatoms. The maximum Gasteiger partial charge on any atom is 0.410 e. The number of anilines is 1. The van der Waals surface area contributed by atoms with Gasteiger partial charge in [0.2, 0.25) is 0 Å². The van der Waals surface area contributed by atoms with Crippen molar-refractivity contribution in [3.8, 4) is 11.5 Å². The topological polar surface area (TPSA) is 77.5 Å². The number of ether oxygens (including phenoxy) is 4. The van der Waals surface area contributed by atoms with Gasteiger partial charge in [0.15, 0.2) is 0 Å². The highest BCUT2D eigenvalue weighted by molar-refractivity contribution is 5.98. The van der Waals surface area contributed by atoms with Crippen LogP contribution in [-0.2, 0) is 39.4 Å². The zero-order chi connectivity index (χ0) is 35.5. The average Bonchev–Trinajstić information content (AvgIpc) is 3.75. The summed E-state index contributed by atoms with van der Waals surface area (Å²) in [6, 6.07) is 34.7. The predicted octanol–water partition coefficient (Wildman–Crippen LogP) is 7.72. The van der Waals surface area contributed by atoms with Gasteiger partial charge < -0.3 is 28.7 Å². The quantitative estimate of drug-likeness (QED) is 0.140. The molecule has 268 valence electrons. The van der Waals surface area contributed by atoms with Crippen molar-refractivity contribution in [1.82, 2.24) is 4.90 Å². The van der Waals surface area contributed by atoms with Crippen LogP contribution in [0.2, 0.25) is 0 Å². The Labute approximate surface area is 305 Å². The summed E-state index contributed by atoms with van der Waals surface area (Å²) in [5.74, 6) is 1.61. The average molecular weight is 699 g/mol. The van der Waals surface area contributed by atoms with Crippen LogP contribution in [0.25, 0.3) is 0 Å². The monoisotopic (exact) mass is 698 g/mol. The van der Waals surface area contributed by atoms with E-state index < -0.39 is 11.0 Å². The number of para-hydroxylation sites is 1. The molecule has 10 rings (SSSR count). The highest BCUT2D eigenvalue weighted by atomic mass is 16.6. The Kier molecular flexibility index (Phi) is 8.07. The molecule has 0 N–H and O–H groups in total. The molecule has 6 aliphatic rings. The van der Waals surface area contributed by atoms with E-state index in [2.05, 4.69) is 41.3 Å². The van der Waals surface area contributed by atoms with Gasteiger partial charge in [-0.05, 0) is 90.1 Å². The van der Waals surface area contributed by atoms with E-state index in [1.807, 2.05) is 71.6 Å². The number of hydrogen-bond donors (Lipinski definition) is 0. The van der Waals surface area contributed by atoms with Crippen LogP contribution in [0, 0.1) is 17.3 Å². The molecular weight excluding hydrogens is 652 g/mol. The number of hydrogen-bond acceptors (Lipinski definition) is 7. The Morgan fingerprint density at radius 2 is 1.44 bits per heavy atom. The fraction of sp³-hybridized carbons (Fsp3) is 0.409. The van der Waals surface area contributed by atoms with E-state index in [4.69, 9.17) is 18.9 Å². The number of Topliss-reactive ketones (excluding diaryl/α,β-unsaturated/α-hetero) is 1. The summed E-state index contributed by atoms with van der Waals surface area (Å²) in [4.78, 5) is 33.9. The standard InChI is InChI=1S/C44H46N2O6/c1-49-33-17-13-30(14-18-33)26-46-38-12-7-6-11-35(38)44-37-27-45(41(48)52-29-31-9-4-3-5-10-31)40(44)42(22-23-43(44,46)36(25-42)39(37)47)21-8-24-51-28-32-15-19-34(50-2)20-16-32/h3-7,9-20,36-37,40H,8,21-29H2,1-2H3/t36-,37-,40+,42-,43-,44?/m1/s1. The highest BCUT2D eigenvalue weighted by Gasteiger charge is 2.88. The molecule has 0 radical (unpaired) electrons. The number of benzene rings is 4. The normalized spacial score (nSPS) is 28.9. The minimum Gasteiger partial charge on any atom is -0.497 e. The molecule has 4 aromatic carbocycles. The van der Waals surface area contributed by atoms with Crippen LogP contribution in [0.3, 0.4) is 0 Å². The highest BCUT2D eigenvalue weighted by Crippen LogP contribution is 2.80. The van der Waals surface area contributed by atoms with E-state index in [1.54, 1.807) is 14.2 Å². The summed E-state index contributed by atoms with van der Waals surface area (Å²) in [7, 11) is 3.36. The lowest BCUT2D eigenvalue weighted by Crippen LogP contribution is -2.75. The Balaban J connectivity index is 1.07. The number of carbonyl (C=O) groups is 2. The number of likely N-dealkylation sites (tertiary alicyclic amines) is 1. The van der Waals surface area contributed by atoms with E-state index in [0.717, 1.165) is 54.7 Å². The molecule has 2 spiro atoms. The van der Waals surface area contributed by atoms with Gasteiger partial charge >= 0.3 is 6.09 Å². The second kappa shape index (κ2) is 12.7. The van der Waals surface area contributed by atoms with Crippen LogP contribution in [0.4, 0.5) is 10.5 Å². The zero-order valence-corrected chi connectivity index (χ0v) is 30.0. The number of carbonyl (C=O) groups excluding carboxylic acids is 2. The van der Waals surface area contributed by atoms with Gasteiger partial charge in [-0.3, -0.25) is 4.79 Å². The molecule has 8 nitrogen and oxygen atoms in total. The second-order valence-corrected chi connectivity index (χ2v) is 15.4. The maximum absolute atomic E-state index is 14.9. The van der Waals surface area contributed by atoms with Crippen LogP contribution >= 0.6 is 0 Å². The molecule has 6 atom stereocenters. The summed E-state index contributed by atoms with van der Waals surface area (Å²) in [5, 5.41) is 0. The van der Waals surface area contributed by atoms with E-state index in [-0.39, 0.29) is 36.0 Å². The van der Waals surface area contributed by atoms with Gasteiger partial charge in [-0.1, -0.05) is 72.8 Å². The lowest BCUT2D eigenvalue weighted by Gasteiger charge is -2.67. The molecule has 4 aliphatic carbocycles. The first-order valence-electron chi connectivity index (χ1n) is 18.7. The smallest absolute Gasteiger partial charge is 0.410 e. The first-order valence-corrected chi connectivity index (χ1v) is 18.7. The van der Waals surface area contributed by atoms with Crippen molar-refractivity contribution < 1.29 is 28.5 Å². The number of nitrogens with zero attached hydrogens (tertiary/aromatic N) is 2. The van der Waals surface area contributed by atoms with Crippen LogP contribution in [0.1, 0.15) is 54.4 Å². The summed E-state index contributed by atoms with van der Waals surface area (Å²) >= 11 is 0. The summed E-state index contributed by atoms with van der Waals surface area (Å²) in [5.41, 5.74) is 4.51. The molecule has 5 fully saturated rings. The molecule has 2 aliphatic heterocycles. The second-order valence-electron chi connectivity index (χ2n) is 15.4. The van der Waals surface area contributed by atoms with Gasteiger partial charge in [-0.15, -0.1) is 0 Å². The number of ketones is 1. The third kappa shape index (κ3) is 4.69. The lowest BCUT2D eigenvalue weighted by molar-refractivity contribution is -0.133. The van der Waals surface area contributed by atoms with Gasteiger partial charge in [0, 0.05) is 37.2 Å². The molecule has 52 heavy (non-hydrogen) atoms. The third-order valence-corrected chi connectivity index (χ3v) is 13.3. The molecule has 1 amide bonds. The van der Waals surface area contributed by atoms with Crippen LogP contribution in [-0.4, -0.2) is 55.7 Å². The number of fused-ring (bicyclic) bond motifs is 2. The van der Waals surface area contributed by atoms with Crippen LogP contribution < -0.4 is 14.4 Å². The minimum atomic E-state index is -0.510. The molecule has 4 aromatic rings. The minimum absolute atomic E-state index is 0.101. The van der Waals surface area contributed by atoms with Crippen molar-refractivity contribution in [3.63, 3.8) is 0 Å². The van der Waals surface area contributed by atoms with Crippen molar-refractivity contribution in [2.75, 3.05) is 32.3 Å². The maximum atomic E-state index is 14.9. The molecule has 1 saturated heterocycles. The Hall–Kier alpha value is -4.82. The Bertz CT molecular complexity index is 1970. The Morgan fingerprint density at radius 3 is 2.17 bits per heavy atom. The fourth-order valence-electron chi connectivity index (χ4n) is 11.5. The fourth-order valence-corrected chi connectivity index (χ4v) is 11.5. The van der Waals surface area contributed by atoms with Crippen molar-refractivity contribution in [2.24, 2.45) is 17.3 Å². The van der Waals surface area contributed by atoms with E-state index in [0.29, 0.717) is 32.1 Å². The Morgan fingerprint density at radius 1 is 0.769 bits per heavy atom. The number of rotatable bonds is 12. The van der Waals surface area contributed by atoms with Crippen molar-refractivity contribution >= 4 is 17.6 Å². The third-order valence-electron chi connectivity index (χ3n) is 13.3. The van der Waals surface area contributed by atoms with E-state index in [1.165, 1.54) is 16.8 Å². The van der Waals surface area contributed by atoms with Crippen LogP contribution in [0.15, 0.2) is 103 Å². The van der Waals surface area contributed by atoms with Crippen molar-refractivity contribution in [2.45, 2.75) is 68.9 Å². The van der Waals surface area contributed by atoms with Gasteiger partial charge in [0.1, 0.15) is 23.9 Å². The largest absolute Gasteiger partial charge is 0.497 e. The molecule has 4 bridgehead atoms. The zero-order valence-electron chi connectivity index (χ0n) is 30.0. The number of amides is 1. The van der Waals surface area contributed by atoms with Gasteiger partial charge in [0.05, 0.1) is 37.8 Å². The van der Waals surface area contributed by atoms with Gasteiger partial charge in [0.25, 0.3) is 0 Å². The predicted molar refractivity (Wildman–Crippen MR) is 197 cm³/mol. The lowest BCUT2D eigenvalue weighted by atomic mass is 9.42. The van der Waals surface area contributed by atoms with E-state index in [9.17, 15) is 9.59 Å². The first-order chi connectivity index (χ1) is 25.4. The SMILES string of the molecule is COc1ccc(COCCC[C@@]23CC[C@@]45[C@H](C2)C(=O)[C@H]2CN(C(=O)OCc6ccccc6)[C@@H]3C24c2ccccc2N5Cc2ccc(OC)cc2)cc1. The molecule has 4 saturated carbocycles. The summed E-state index contributed by atoms with van der Waals surface area (Å²) in [6.07, 6.45) is 4.07. The van der Waals surface area contributed by atoms with E-state index >= 15 is 0 Å². The first kappa shape index (κ1) is 33.0. The molecular formula is C44H46N2O6.